The highest BCUT2D eigenvalue weighted by Crippen LogP contribution is 2.28. The van der Waals surface area contributed by atoms with Crippen molar-refractivity contribution < 1.29 is 9.84 Å². The van der Waals surface area contributed by atoms with Crippen LogP contribution in [0, 0.1) is 0 Å². The van der Waals surface area contributed by atoms with E-state index in [1.807, 2.05) is 13.8 Å². The number of phenols is 1. The Hall–Kier alpha value is -1.22. The number of phenolic OH excluding ortho intramolecular Hbond substituents is 1. The Labute approximate surface area is 78.1 Å². The molecule has 0 radical (unpaired) electrons. The van der Waals surface area contributed by atoms with Crippen molar-refractivity contribution in [1.29, 1.82) is 0 Å². The quantitative estimate of drug-likeness (QED) is 0.747. The van der Waals surface area contributed by atoms with Gasteiger partial charge in [0.1, 0.15) is 0 Å². The minimum Gasteiger partial charge on any atom is -0.504 e. The smallest absolute Gasteiger partial charge is 0.161 e. The molecule has 0 bridgehead atoms. The van der Waals surface area contributed by atoms with Crippen molar-refractivity contribution >= 4 is 0 Å². The van der Waals surface area contributed by atoms with E-state index in [1.54, 1.807) is 18.2 Å². The van der Waals surface area contributed by atoms with Crippen LogP contribution in [0.1, 0.15) is 25.5 Å². The van der Waals surface area contributed by atoms with Gasteiger partial charge < -0.3 is 15.6 Å². The van der Waals surface area contributed by atoms with Crippen LogP contribution in [0.25, 0.3) is 0 Å². The van der Waals surface area contributed by atoms with Crippen LogP contribution in [0.15, 0.2) is 18.2 Å². The molecule has 0 aliphatic rings. The lowest BCUT2D eigenvalue weighted by Crippen LogP contribution is -2.05. The first-order valence-electron chi connectivity index (χ1n) is 4.36. The Kier molecular flexibility index (Phi) is 3.14. The van der Waals surface area contributed by atoms with Crippen molar-refractivity contribution in [3.05, 3.63) is 23.8 Å². The van der Waals surface area contributed by atoms with Gasteiger partial charge in [-0.2, -0.15) is 0 Å². The summed E-state index contributed by atoms with van der Waals surface area (Å²) in [6.45, 7) is 4.30. The molecule has 3 nitrogen and oxygen atoms in total. The summed E-state index contributed by atoms with van der Waals surface area (Å²) in [5, 5.41) is 9.38. The first-order valence-corrected chi connectivity index (χ1v) is 4.36. The molecule has 1 unspecified atom stereocenters. The fraction of sp³-hybridized carbons (Fsp3) is 0.400. The van der Waals surface area contributed by atoms with Crippen molar-refractivity contribution in [3.63, 3.8) is 0 Å². The number of rotatable bonds is 3. The Morgan fingerprint density at radius 1 is 1.54 bits per heavy atom. The molecule has 0 aliphatic heterocycles. The molecule has 0 aliphatic carbocycles. The molecule has 0 fully saturated rings. The lowest BCUT2D eigenvalue weighted by molar-refractivity contribution is 0.317. The molecule has 3 N–H and O–H groups in total. The zero-order chi connectivity index (χ0) is 9.84. The third-order valence-corrected chi connectivity index (χ3v) is 1.81. The Bertz CT molecular complexity index is 284. The predicted molar refractivity (Wildman–Crippen MR) is 51.9 cm³/mol. The average molecular weight is 181 g/mol. The van der Waals surface area contributed by atoms with Crippen molar-refractivity contribution in [2.75, 3.05) is 6.61 Å². The van der Waals surface area contributed by atoms with E-state index in [2.05, 4.69) is 0 Å². The molecule has 0 spiro atoms. The molecule has 13 heavy (non-hydrogen) atoms. The van der Waals surface area contributed by atoms with Crippen molar-refractivity contribution in [2.45, 2.75) is 19.9 Å². The third-order valence-electron chi connectivity index (χ3n) is 1.81. The molecule has 0 heterocycles. The van der Waals surface area contributed by atoms with Gasteiger partial charge in [0.2, 0.25) is 0 Å². The van der Waals surface area contributed by atoms with Crippen LogP contribution in [-0.4, -0.2) is 11.7 Å². The van der Waals surface area contributed by atoms with Gasteiger partial charge in [-0.3, -0.25) is 0 Å². The Balaban J connectivity index is 2.97. The highest BCUT2D eigenvalue weighted by molar-refractivity contribution is 5.42. The number of hydrogen-bond acceptors (Lipinski definition) is 3. The van der Waals surface area contributed by atoms with Crippen LogP contribution in [0.3, 0.4) is 0 Å². The van der Waals surface area contributed by atoms with E-state index in [0.29, 0.717) is 12.4 Å². The molecule has 1 rings (SSSR count). The highest BCUT2D eigenvalue weighted by Gasteiger charge is 2.05. The summed E-state index contributed by atoms with van der Waals surface area (Å²) in [5.41, 5.74) is 6.65. The van der Waals surface area contributed by atoms with Crippen LogP contribution in [0.5, 0.6) is 11.5 Å². The molecule has 1 atom stereocenters. The summed E-state index contributed by atoms with van der Waals surface area (Å²) in [6, 6.07) is 5.12. The zero-order valence-electron chi connectivity index (χ0n) is 7.95. The number of nitrogens with two attached hydrogens (primary N) is 1. The maximum absolute atomic E-state index is 9.38. The summed E-state index contributed by atoms with van der Waals surface area (Å²) in [4.78, 5) is 0. The topological polar surface area (TPSA) is 55.5 Å². The molecule has 3 heteroatoms. The molecule has 1 aromatic rings. The van der Waals surface area contributed by atoms with E-state index >= 15 is 0 Å². The SMILES string of the molecule is CCOc1cc(C(C)N)ccc1O. The molecule has 0 aromatic heterocycles. The fourth-order valence-electron chi connectivity index (χ4n) is 1.09. The molecular weight excluding hydrogens is 166 g/mol. The van der Waals surface area contributed by atoms with Gasteiger partial charge in [-0.15, -0.1) is 0 Å². The number of ether oxygens (including phenoxy) is 1. The van der Waals surface area contributed by atoms with Gasteiger partial charge in [0.25, 0.3) is 0 Å². The standard InChI is InChI=1S/C10H15NO2/c1-3-13-10-6-8(7(2)11)4-5-9(10)12/h4-7,12H,3,11H2,1-2H3. The minimum absolute atomic E-state index is 0.0418. The van der Waals surface area contributed by atoms with Crippen LogP contribution in [0.4, 0.5) is 0 Å². The molecule has 0 saturated heterocycles. The first-order chi connectivity index (χ1) is 6.15. The third kappa shape index (κ3) is 2.36. The molecule has 0 amide bonds. The summed E-state index contributed by atoms with van der Waals surface area (Å²) in [5.74, 6) is 0.656. The number of hydrogen-bond donors (Lipinski definition) is 2. The van der Waals surface area contributed by atoms with Crippen molar-refractivity contribution in [1.82, 2.24) is 0 Å². The lowest BCUT2D eigenvalue weighted by atomic mass is 10.1. The van der Waals surface area contributed by atoms with E-state index in [0.717, 1.165) is 5.56 Å². The number of benzene rings is 1. The minimum atomic E-state index is -0.0418. The van der Waals surface area contributed by atoms with Gasteiger partial charge in [0.05, 0.1) is 6.61 Å². The van der Waals surface area contributed by atoms with E-state index in [1.165, 1.54) is 0 Å². The van der Waals surface area contributed by atoms with Crippen molar-refractivity contribution in [3.8, 4) is 11.5 Å². The zero-order valence-corrected chi connectivity index (χ0v) is 7.95. The van der Waals surface area contributed by atoms with Gasteiger partial charge in [0.15, 0.2) is 11.5 Å². The second-order valence-electron chi connectivity index (χ2n) is 2.95. The summed E-state index contributed by atoms with van der Waals surface area (Å²) in [6.07, 6.45) is 0. The maximum Gasteiger partial charge on any atom is 0.161 e. The number of aromatic hydroxyl groups is 1. The summed E-state index contributed by atoms with van der Waals surface area (Å²) < 4.78 is 5.22. The van der Waals surface area contributed by atoms with Gasteiger partial charge >= 0.3 is 0 Å². The van der Waals surface area contributed by atoms with Gasteiger partial charge in [0, 0.05) is 6.04 Å². The van der Waals surface area contributed by atoms with Crippen LogP contribution >= 0.6 is 0 Å². The maximum atomic E-state index is 9.38. The summed E-state index contributed by atoms with van der Waals surface area (Å²) >= 11 is 0. The average Bonchev–Trinajstić information content (AvgIpc) is 2.08. The second kappa shape index (κ2) is 4.14. The second-order valence-corrected chi connectivity index (χ2v) is 2.95. The molecule has 0 saturated carbocycles. The summed E-state index contributed by atoms with van der Waals surface area (Å²) in [7, 11) is 0. The van der Waals surface area contributed by atoms with E-state index in [-0.39, 0.29) is 11.8 Å². The van der Waals surface area contributed by atoms with Gasteiger partial charge in [-0.25, -0.2) is 0 Å². The predicted octanol–water partition coefficient (Wildman–Crippen LogP) is 1.81. The lowest BCUT2D eigenvalue weighted by Gasteiger charge is -2.10. The van der Waals surface area contributed by atoms with Crippen molar-refractivity contribution in [2.24, 2.45) is 5.73 Å². The van der Waals surface area contributed by atoms with E-state index in [9.17, 15) is 5.11 Å². The monoisotopic (exact) mass is 181 g/mol. The van der Waals surface area contributed by atoms with Gasteiger partial charge in [-0.05, 0) is 31.5 Å². The normalized spacial score (nSPS) is 12.5. The first kappa shape index (κ1) is 9.86. The largest absolute Gasteiger partial charge is 0.504 e. The van der Waals surface area contributed by atoms with Crippen LogP contribution in [-0.2, 0) is 0 Å². The van der Waals surface area contributed by atoms with Gasteiger partial charge in [-0.1, -0.05) is 6.07 Å². The fourth-order valence-corrected chi connectivity index (χ4v) is 1.09. The van der Waals surface area contributed by atoms with E-state index in [4.69, 9.17) is 10.5 Å². The highest BCUT2D eigenvalue weighted by atomic mass is 16.5. The molecule has 72 valence electrons. The van der Waals surface area contributed by atoms with Crippen LogP contribution < -0.4 is 10.5 Å². The molecule has 1 aromatic carbocycles. The Morgan fingerprint density at radius 3 is 2.77 bits per heavy atom. The molecular formula is C10H15NO2. The van der Waals surface area contributed by atoms with Crippen LogP contribution in [0.2, 0.25) is 0 Å². The Morgan fingerprint density at radius 2 is 2.23 bits per heavy atom. The van der Waals surface area contributed by atoms with E-state index < -0.39 is 0 Å².